The fourth-order valence-electron chi connectivity index (χ4n) is 8.10. The number of rotatable bonds is 48. The predicted octanol–water partition coefficient (Wildman–Crippen LogP) is 17.3. The van der Waals surface area contributed by atoms with Crippen molar-refractivity contribution in [2.24, 2.45) is 11.8 Å². The Labute approximate surface area is 374 Å². The topological polar surface area (TPSA) is 78.9 Å². The zero-order valence-electron chi connectivity index (χ0n) is 41.1. The van der Waals surface area contributed by atoms with Gasteiger partial charge in [-0.3, -0.25) is 14.4 Å². The average molecular weight is 849 g/mol. The van der Waals surface area contributed by atoms with Crippen LogP contribution in [0.5, 0.6) is 0 Å². The van der Waals surface area contributed by atoms with E-state index in [0.29, 0.717) is 19.3 Å². The molecule has 0 rings (SSSR count). The smallest absolute Gasteiger partial charge is 0.306 e. The van der Waals surface area contributed by atoms with E-state index in [1.54, 1.807) is 0 Å². The largest absolute Gasteiger partial charge is 0.462 e. The molecular weight excluding hydrogens is 745 g/mol. The minimum Gasteiger partial charge on any atom is -0.462 e. The first kappa shape index (κ1) is 58.4. The molecule has 0 bridgehead atoms. The maximum atomic E-state index is 12.8. The number of carbonyl (C=O) groups excluding carboxylic acids is 3. The molecule has 0 saturated heterocycles. The van der Waals surface area contributed by atoms with Gasteiger partial charge in [0.25, 0.3) is 0 Å². The minimum absolute atomic E-state index is 0.0643. The van der Waals surface area contributed by atoms with Gasteiger partial charge in [-0.25, -0.2) is 0 Å². The fourth-order valence-corrected chi connectivity index (χ4v) is 8.10. The van der Waals surface area contributed by atoms with Crippen molar-refractivity contribution in [2.45, 2.75) is 304 Å². The molecule has 6 nitrogen and oxygen atoms in total. The van der Waals surface area contributed by atoms with Gasteiger partial charge in [-0.05, 0) is 31.1 Å². The van der Waals surface area contributed by atoms with Crippen LogP contribution in [0.2, 0.25) is 0 Å². The zero-order chi connectivity index (χ0) is 44.0. The lowest BCUT2D eigenvalue weighted by Crippen LogP contribution is -2.30. The lowest BCUT2D eigenvalue weighted by Gasteiger charge is -2.18. The van der Waals surface area contributed by atoms with Crippen molar-refractivity contribution < 1.29 is 28.6 Å². The first-order valence-electron chi connectivity index (χ1n) is 26.8. The highest BCUT2D eigenvalue weighted by atomic mass is 16.6. The number of hydrogen-bond acceptors (Lipinski definition) is 6. The average Bonchev–Trinajstić information content (AvgIpc) is 3.25. The van der Waals surface area contributed by atoms with E-state index in [1.165, 1.54) is 186 Å². The lowest BCUT2D eigenvalue weighted by atomic mass is 9.99. The molecule has 0 amide bonds. The van der Waals surface area contributed by atoms with E-state index in [2.05, 4.69) is 34.6 Å². The molecule has 6 heteroatoms. The Morgan fingerprint density at radius 2 is 0.583 bits per heavy atom. The molecule has 0 heterocycles. The van der Waals surface area contributed by atoms with Crippen LogP contribution in [0.4, 0.5) is 0 Å². The van der Waals surface area contributed by atoms with Crippen LogP contribution < -0.4 is 0 Å². The molecule has 0 aliphatic heterocycles. The van der Waals surface area contributed by atoms with Gasteiger partial charge in [0.05, 0.1) is 0 Å². The fraction of sp³-hybridized carbons (Fsp3) is 0.944. The van der Waals surface area contributed by atoms with Gasteiger partial charge in [-0.2, -0.15) is 0 Å². The summed E-state index contributed by atoms with van der Waals surface area (Å²) in [5, 5.41) is 0. The van der Waals surface area contributed by atoms with Gasteiger partial charge in [-0.1, -0.05) is 259 Å². The summed E-state index contributed by atoms with van der Waals surface area (Å²) < 4.78 is 16.8. The predicted molar refractivity (Wildman–Crippen MR) is 256 cm³/mol. The van der Waals surface area contributed by atoms with Crippen molar-refractivity contribution in [3.05, 3.63) is 0 Å². The van der Waals surface area contributed by atoms with E-state index in [4.69, 9.17) is 14.2 Å². The van der Waals surface area contributed by atoms with Crippen molar-refractivity contribution in [1.29, 1.82) is 0 Å². The van der Waals surface area contributed by atoms with E-state index >= 15 is 0 Å². The quantitative estimate of drug-likeness (QED) is 0.0345. The summed E-state index contributed by atoms with van der Waals surface area (Å²) in [5.41, 5.74) is 0. The molecule has 0 saturated carbocycles. The summed E-state index contributed by atoms with van der Waals surface area (Å²) in [6, 6.07) is 0. The molecule has 0 N–H and O–H groups in total. The van der Waals surface area contributed by atoms with Crippen molar-refractivity contribution in [3.8, 4) is 0 Å². The van der Waals surface area contributed by atoms with Gasteiger partial charge in [0, 0.05) is 19.3 Å². The number of ether oxygens (including phenoxy) is 3. The van der Waals surface area contributed by atoms with Crippen LogP contribution in [0, 0.1) is 11.8 Å². The van der Waals surface area contributed by atoms with E-state index < -0.39 is 6.10 Å². The Balaban J connectivity index is 4.27. The van der Waals surface area contributed by atoms with E-state index in [1.807, 2.05) is 0 Å². The van der Waals surface area contributed by atoms with Crippen LogP contribution in [-0.2, 0) is 28.6 Å². The minimum atomic E-state index is -0.763. The summed E-state index contributed by atoms with van der Waals surface area (Å²) in [7, 11) is 0. The summed E-state index contributed by atoms with van der Waals surface area (Å²) in [5.74, 6) is 0.831. The first-order valence-corrected chi connectivity index (χ1v) is 26.8. The van der Waals surface area contributed by atoms with E-state index in [-0.39, 0.29) is 31.1 Å². The van der Waals surface area contributed by atoms with Crippen LogP contribution in [0.3, 0.4) is 0 Å². The summed E-state index contributed by atoms with van der Waals surface area (Å²) in [4.78, 5) is 38.0. The maximum absolute atomic E-state index is 12.8. The Kier molecular flexibility index (Phi) is 45.7. The highest BCUT2D eigenvalue weighted by molar-refractivity contribution is 5.71. The second kappa shape index (κ2) is 46.9. The van der Waals surface area contributed by atoms with Gasteiger partial charge in [0.15, 0.2) is 6.10 Å². The van der Waals surface area contributed by atoms with Crippen molar-refractivity contribution in [3.63, 3.8) is 0 Å². The molecular formula is C54H104O6. The molecule has 0 aliphatic carbocycles. The molecule has 0 aromatic rings. The number of hydrogen-bond donors (Lipinski definition) is 0. The molecule has 0 fully saturated rings. The molecule has 0 radical (unpaired) electrons. The molecule has 0 spiro atoms. The van der Waals surface area contributed by atoms with E-state index in [9.17, 15) is 14.4 Å². The number of esters is 3. The van der Waals surface area contributed by atoms with Crippen LogP contribution >= 0.6 is 0 Å². The maximum Gasteiger partial charge on any atom is 0.306 e. The summed E-state index contributed by atoms with van der Waals surface area (Å²) in [6.45, 7) is 11.4. The van der Waals surface area contributed by atoms with Gasteiger partial charge in [-0.15, -0.1) is 0 Å². The normalized spacial score (nSPS) is 12.9. The molecule has 60 heavy (non-hydrogen) atoms. The Morgan fingerprint density at radius 3 is 0.867 bits per heavy atom. The lowest BCUT2D eigenvalue weighted by molar-refractivity contribution is -0.167. The molecule has 0 aromatic heterocycles. The second-order valence-electron chi connectivity index (χ2n) is 19.0. The molecule has 0 aromatic carbocycles. The molecule has 3 atom stereocenters. The summed E-state index contributed by atoms with van der Waals surface area (Å²) in [6.07, 6.45) is 48.0. The molecule has 2 unspecified atom stereocenters. The third kappa shape index (κ3) is 44.5. The Bertz CT molecular complexity index is 920. The molecule has 356 valence electrons. The number of unbranched alkanes of at least 4 members (excludes halogenated alkanes) is 31. The van der Waals surface area contributed by atoms with Gasteiger partial charge in [0.1, 0.15) is 13.2 Å². The second-order valence-corrected chi connectivity index (χ2v) is 19.0. The van der Waals surface area contributed by atoms with Crippen LogP contribution in [0.15, 0.2) is 0 Å². The van der Waals surface area contributed by atoms with Crippen LogP contribution in [0.25, 0.3) is 0 Å². The van der Waals surface area contributed by atoms with Crippen molar-refractivity contribution >= 4 is 17.9 Å². The van der Waals surface area contributed by atoms with Crippen molar-refractivity contribution in [1.82, 2.24) is 0 Å². The first-order chi connectivity index (χ1) is 29.3. The third-order valence-corrected chi connectivity index (χ3v) is 12.9. The van der Waals surface area contributed by atoms with Crippen LogP contribution in [0.1, 0.15) is 298 Å². The Hall–Kier alpha value is -1.59. The standard InChI is InChI=1S/C54H104O6/c1-6-9-10-11-12-13-14-15-16-17-18-19-20-21-25-28-34-39-44-52(55)58-47-51(48-59-53(56)45-40-35-31-30-33-38-43-50(5)8-3)60-54(57)46-41-36-29-26-23-22-24-27-32-37-42-49(4)7-2/h49-51H,6-48H2,1-5H3/t49?,50?,51-/m1/s1. The highest BCUT2D eigenvalue weighted by Gasteiger charge is 2.19. The highest BCUT2D eigenvalue weighted by Crippen LogP contribution is 2.18. The third-order valence-electron chi connectivity index (χ3n) is 12.9. The molecule has 0 aliphatic rings. The van der Waals surface area contributed by atoms with Crippen LogP contribution in [-0.4, -0.2) is 37.2 Å². The van der Waals surface area contributed by atoms with Gasteiger partial charge in [0.2, 0.25) is 0 Å². The van der Waals surface area contributed by atoms with Crippen molar-refractivity contribution in [2.75, 3.05) is 13.2 Å². The van der Waals surface area contributed by atoms with Gasteiger partial charge >= 0.3 is 17.9 Å². The summed E-state index contributed by atoms with van der Waals surface area (Å²) >= 11 is 0. The monoisotopic (exact) mass is 849 g/mol. The Morgan fingerprint density at radius 1 is 0.333 bits per heavy atom. The zero-order valence-corrected chi connectivity index (χ0v) is 41.1. The SMILES string of the molecule is CCCCCCCCCCCCCCCCCCCCC(=O)OC[C@H](COC(=O)CCCCCCCCC(C)CC)OC(=O)CCCCCCCCCCCCC(C)CC. The van der Waals surface area contributed by atoms with Gasteiger partial charge < -0.3 is 14.2 Å². The van der Waals surface area contributed by atoms with E-state index in [0.717, 1.165) is 69.6 Å². The number of carbonyl (C=O) groups is 3.